The number of fused-ring (bicyclic) bond motifs is 1. The van der Waals surface area contributed by atoms with Gasteiger partial charge in [-0.15, -0.1) is 0 Å². The molecule has 0 spiro atoms. The molecule has 1 aliphatic rings. The highest BCUT2D eigenvalue weighted by Gasteiger charge is 2.22. The van der Waals surface area contributed by atoms with E-state index in [2.05, 4.69) is 17.3 Å². The summed E-state index contributed by atoms with van der Waals surface area (Å²) in [6, 6.07) is 6.92. The molecule has 2 atom stereocenters. The summed E-state index contributed by atoms with van der Waals surface area (Å²) < 4.78 is 1.23. The van der Waals surface area contributed by atoms with Crippen LogP contribution in [-0.4, -0.2) is 21.7 Å². The summed E-state index contributed by atoms with van der Waals surface area (Å²) >= 11 is 0. The molecule has 1 aliphatic carbocycles. The van der Waals surface area contributed by atoms with Crippen LogP contribution in [-0.2, 0) is 11.3 Å². The molecule has 6 nitrogen and oxygen atoms in total. The van der Waals surface area contributed by atoms with Gasteiger partial charge in [0.1, 0.15) is 0 Å². The van der Waals surface area contributed by atoms with Crippen LogP contribution in [0.4, 0.5) is 0 Å². The number of rotatable bonds is 4. The number of benzene rings is 1. The Balaban J connectivity index is 1.69. The number of carbonyl (C=O) groups is 1. The van der Waals surface area contributed by atoms with E-state index < -0.39 is 0 Å². The van der Waals surface area contributed by atoms with Crippen LogP contribution in [0.5, 0.6) is 0 Å². The molecule has 2 aromatic rings. The predicted octanol–water partition coefficient (Wildman–Crippen LogP) is 1.77. The van der Waals surface area contributed by atoms with Crippen molar-refractivity contribution in [3.63, 3.8) is 0 Å². The summed E-state index contributed by atoms with van der Waals surface area (Å²) in [6.07, 6.45) is 4.70. The molecule has 0 radical (unpaired) electrons. The molecule has 1 aromatic carbocycles. The average molecular weight is 329 g/mol. The molecule has 1 amide bonds. The lowest BCUT2D eigenvalue weighted by Gasteiger charge is -2.29. The standard InChI is InChI=1S/C18H23N3O3/c1-12-6-2-5-9-15(12)19-16(22)10-11-21-18(24)14-8-4-3-7-13(14)17(23)20-21/h3-4,7-8,12,15H,2,5-6,9-11H2,1H3,(H,19,22)(H,20,23)/t12-,15+/m1/s1. The lowest BCUT2D eigenvalue weighted by atomic mass is 9.86. The zero-order chi connectivity index (χ0) is 17.1. The topological polar surface area (TPSA) is 84.0 Å². The molecular formula is C18H23N3O3. The quantitative estimate of drug-likeness (QED) is 0.897. The van der Waals surface area contributed by atoms with Gasteiger partial charge in [0.2, 0.25) is 5.91 Å². The van der Waals surface area contributed by atoms with Crippen LogP contribution in [0.3, 0.4) is 0 Å². The van der Waals surface area contributed by atoms with Crippen LogP contribution < -0.4 is 16.4 Å². The number of hydrogen-bond donors (Lipinski definition) is 2. The minimum Gasteiger partial charge on any atom is -0.353 e. The number of aryl methyl sites for hydroxylation is 1. The second-order valence-electron chi connectivity index (χ2n) is 6.63. The predicted molar refractivity (Wildman–Crippen MR) is 93.0 cm³/mol. The van der Waals surface area contributed by atoms with Crippen LogP contribution in [0.1, 0.15) is 39.0 Å². The summed E-state index contributed by atoms with van der Waals surface area (Å²) in [6.45, 7) is 2.33. The highest BCUT2D eigenvalue weighted by molar-refractivity contribution is 5.80. The minimum absolute atomic E-state index is 0.0744. The summed E-state index contributed by atoms with van der Waals surface area (Å²) in [4.78, 5) is 36.6. The normalized spacial score (nSPS) is 20.9. The lowest BCUT2D eigenvalue weighted by Crippen LogP contribution is -2.41. The number of aromatic nitrogens is 2. The van der Waals surface area contributed by atoms with Gasteiger partial charge in [-0.2, -0.15) is 0 Å². The third-order valence-electron chi connectivity index (χ3n) is 4.90. The highest BCUT2D eigenvalue weighted by atomic mass is 16.2. The fourth-order valence-corrected chi connectivity index (χ4v) is 3.43. The Kier molecular flexibility index (Phi) is 4.83. The molecule has 1 saturated carbocycles. The maximum absolute atomic E-state index is 12.4. The van der Waals surface area contributed by atoms with Gasteiger partial charge in [-0.05, 0) is 30.9 Å². The first-order chi connectivity index (χ1) is 11.6. The van der Waals surface area contributed by atoms with Crippen molar-refractivity contribution in [1.82, 2.24) is 15.1 Å². The zero-order valence-corrected chi connectivity index (χ0v) is 13.9. The van der Waals surface area contributed by atoms with Crippen molar-refractivity contribution in [2.75, 3.05) is 0 Å². The van der Waals surface area contributed by atoms with Gasteiger partial charge in [-0.25, -0.2) is 4.68 Å². The summed E-state index contributed by atoms with van der Waals surface area (Å²) in [7, 11) is 0. The van der Waals surface area contributed by atoms with E-state index in [-0.39, 0.29) is 36.0 Å². The number of amides is 1. The molecule has 1 aromatic heterocycles. The van der Waals surface area contributed by atoms with E-state index in [1.807, 2.05) is 0 Å². The molecule has 1 fully saturated rings. The Morgan fingerprint density at radius 2 is 1.92 bits per heavy atom. The van der Waals surface area contributed by atoms with Crippen LogP contribution in [0.25, 0.3) is 10.8 Å². The first-order valence-electron chi connectivity index (χ1n) is 8.57. The molecular weight excluding hydrogens is 306 g/mol. The Morgan fingerprint density at radius 3 is 2.67 bits per heavy atom. The summed E-state index contributed by atoms with van der Waals surface area (Å²) in [5, 5.41) is 6.37. The van der Waals surface area contributed by atoms with Crippen LogP contribution >= 0.6 is 0 Å². The first-order valence-corrected chi connectivity index (χ1v) is 8.57. The van der Waals surface area contributed by atoms with Crippen molar-refractivity contribution in [3.8, 4) is 0 Å². The van der Waals surface area contributed by atoms with Gasteiger partial charge in [0.05, 0.1) is 17.3 Å². The second-order valence-corrected chi connectivity index (χ2v) is 6.63. The number of nitrogens with one attached hydrogen (secondary N) is 2. The fraction of sp³-hybridized carbons (Fsp3) is 0.500. The Bertz CT molecular complexity index is 852. The number of hydrogen-bond acceptors (Lipinski definition) is 3. The molecule has 0 aliphatic heterocycles. The molecule has 0 bridgehead atoms. The van der Waals surface area contributed by atoms with E-state index >= 15 is 0 Å². The Hall–Kier alpha value is -2.37. The monoisotopic (exact) mass is 329 g/mol. The van der Waals surface area contributed by atoms with E-state index in [0.29, 0.717) is 16.7 Å². The van der Waals surface area contributed by atoms with Gasteiger partial charge in [-0.3, -0.25) is 19.5 Å². The third kappa shape index (κ3) is 3.42. The second kappa shape index (κ2) is 7.03. The maximum Gasteiger partial charge on any atom is 0.273 e. The van der Waals surface area contributed by atoms with Crippen molar-refractivity contribution in [3.05, 3.63) is 45.0 Å². The maximum atomic E-state index is 12.4. The third-order valence-corrected chi connectivity index (χ3v) is 4.90. The largest absolute Gasteiger partial charge is 0.353 e. The van der Waals surface area contributed by atoms with Gasteiger partial charge in [0.15, 0.2) is 0 Å². The number of carbonyl (C=O) groups excluding carboxylic acids is 1. The zero-order valence-electron chi connectivity index (χ0n) is 13.9. The highest BCUT2D eigenvalue weighted by Crippen LogP contribution is 2.23. The molecule has 6 heteroatoms. The molecule has 24 heavy (non-hydrogen) atoms. The van der Waals surface area contributed by atoms with Crippen molar-refractivity contribution in [1.29, 1.82) is 0 Å². The molecule has 128 valence electrons. The number of aromatic amines is 1. The summed E-state index contributed by atoms with van der Waals surface area (Å²) in [5.74, 6) is 0.417. The van der Waals surface area contributed by atoms with Gasteiger partial charge in [0, 0.05) is 12.5 Å². The molecule has 1 heterocycles. The van der Waals surface area contributed by atoms with Crippen LogP contribution in [0.15, 0.2) is 33.9 Å². The average Bonchev–Trinajstić information content (AvgIpc) is 2.59. The Labute approximate surface area is 139 Å². The Morgan fingerprint density at radius 1 is 1.21 bits per heavy atom. The molecule has 2 N–H and O–H groups in total. The van der Waals surface area contributed by atoms with Crippen LogP contribution in [0.2, 0.25) is 0 Å². The van der Waals surface area contributed by atoms with Gasteiger partial charge >= 0.3 is 0 Å². The van der Waals surface area contributed by atoms with Crippen molar-refractivity contribution in [2.45, 2.75) is 51.6 Å². The van der Waals surface area contributed by atoms with E-state index in [0.717, 1.165) is 19.3 Å². The molecule has 3 rings (SSSR count). The number of nitrogens with zero attached hydrogens (tertiary/aromatic N) is 1. The van der Waals surface area contributed by atoms with Gasteiger partial charge < -0.3 is 5.32 Å². The lowest BCUT2D eigenvalue weighted by molar-refractivity contribution is -0.122. The smallest absolute Gasteiger partial charge is 0.273 e. The van der Waals surface area contributed by atoms with E-state index in [1.165, 1.54) is 11.1 Å². The van der Waals surface area contributed by atoms with Gasteiger partial charge in [-0.1, -0.05) is 31.9 Å². The van der Waals surface area contributed by atoms with E-state index in [9.17, 15) is 14.4 Å². The first kappa shape index (κ1) is 16.5. The van der Waals surface area contributed by atoms with Crippen molar-refractivity contribution < 1.29 is 4.79 Å². The molecule has 0 saturated heterocycles. The molecule has 0 unspecified atom stereocenters. The minimum atomic E-state index is -0.313. The van der Waals surface area contributed by atoms with E-state index in [1.54, 1.807) is 24.3 Å². The fourth-order valence-electron chi connectivity index (χ4n) is 3.43. The van der Waals surface area contributed by atoms with E-state index in [4.69, 9.17) is 0 Å². The number of H-pyrrole nitrogens is 1. The SMILES string of the molecule is C[C@@H]1CCCC[C@@H]1NC(=O)CCn1[nH]c(=O)c2ccccc2c1=O. The van der Waals surface area contributed by atoms with Crippen molar-refractivity contribution >= 4 is 16.7 Å². The van der Waals surface area contributed by atoms with Crippen molar-refractivity contribution in [2.24, 2.45) is 5.92 Å². The van der Waals surface area contributed by atoms with Crippen LogP contribution in [0, 0.1) is 5.92 Å². The van der Waals surface area contributed by atoms with Gasteiger partial charge in [0.25, 0.3) is 11.1 Å². The summed E-state index contributed by atoms with van der Waals surface area (Å²) in [5.41, 5.74) is -0.587.